The molecule has 0 aliphatic carbocycles. The van der Waals surface area contributed by atoms with Crippen LogP contribution in [-0.4, -0.2) is 33.8 Å². The Labute approximate surface area is 125 Å². The number of carbonyl (C=O) groups excluding carboxylic acids is 2. The molecule has 1 aromatic rings. The molecule has 1 fully saturated rings. The minimum Gasteiger partial charge on any atom is -0.343 e. The first-order chi connectivity index (χ1) is 10.1. The van der Waals surface area contributed by atoms with Gasteiger partial charge < -0.3 is 10.2 Å². The molecule has 0 radical (unpaired) electrons. The van der Waals surface area contributed by atoms with Crippen molar-refractivity contribution in [1.29, 1.82) is 0 Å². The number of amides is 2. The van der Waals surface area contributed by atoms with Gasteiger partial charge in [-0.2, -0.15) is 0 Å². The van der Waals surface area contributed by atoms with E-state index in [9.17, 15) is 9.59 Å². The zero-order valence-corrected chi connectivity index (χ0v) is 12.9. The van der Waals surface area contributed by atoms with Crippen LogP contribution in [0.1, 0.15) is 44.9 Å². The van der Waals surface area contributed by atoms with Crippen molar-refractivity contribution in [2.24, 2.45) is 0 Å². The summed E-state index contributed by atoms with van der Waals surface area (Å²) < 4.78 is 0. The Morgan fingerprint density at radius 3 is 2.76 bits per heavy atom. The second kappa shape index (κ2) is 6.70. The van der Waals surface area contributed by atoms with E-state index in [2.05, 4.69) is 17.2 Å². The van der Waals surface area contributed by atoms with E-state index in [1.54, 1.807) is 18.0 Å². The first kappa shape index (κ1) is 15.5. The number of nitrogens with one attached hydrogen (secondary N) is 1. The van der Waals surface area contributed by atoms with Gasteiger partial charge in [0.1, 0.15) is 12.1 Å². The Hall–Kier alpha value is -1.91. The molecule has 2 heterocycles. The number of rotatable bonds is 5. The second-order valence-electron chi connectivity index (χ2n) is 5.45. The van der Waals surface area contributed by atoms with Gasteiger partial charge in [0.2, 0.25) is 11.8 Å². The van der Waals surface area contributed by atoms with Gasteiger partial charge in [-0.15, -0.1) is 0 Å². The predicted octanol–water partition coefficient (Wildman–Crippen LogP) is 1.66. The van der Waals surface area contributed by atoms with E-state index in [1.165, 1.54) is 0 Å². The summed E-state index contributed by atoms with van der Waals surface area (Å²) in [6.07, 6.45) is 4.14. The van der Waals surface area contributed by atoms with Crippen LogP contribution in [0, 0.1) is 0 Å². The Kier molecular flexibility index (Phi) is 4.94. The van der Waals surface area contributed by atoms with Crippen molar-refractivity contribution in [2.75, 3.05) is 0 Å². The summed E-state index contributed by atoms with van der Waals surface area (Å²) in [5.74, 6) is -0.0846. The molecule has 0 spiro atoms. The molecular weight excluding hydrogens is 266 g/mol. The second-order valence-corrected chi connectivity index (χ2v) is 5.45. The fourth-order valence-corrected chi connectivity index (χ4v) is 2.68. The summed E-state index contributed by atoms with van der Waals surface area (Å²) in [6.45, 7) is 6.24. The highest BCUT2D eigenvalue weighted by Crippen LogP contribution is 2.18. The monoisotopic (exact) mass is 289 g/mol. The summed E-state index contributed by atoms with van der Waals surface area (Å²) >= 11 is 0. The van der Waals surface area contributed by atoms with Gasteiger partial charge in [0, 0.05) is 6.20 Å². The summed E-state index contributed by atoms with van der Waals surface area (Å²) in [6, 6.07) is 3.08. The maximum absolute atomic E-state index is 12.6. The fraction of sp³-hybridized carbons (Fsp3) is 0.562. The van der Waals surface area contributed by atoms with Crippen LogP contribution in [0.15, 0.2) is 18.3 Å². The summed E-state index contributed by atoms with van der Waals surface area (Å²) in [5.41, 5.74) is 2.00. The molecule has 1 N–H and O–H groups in total. The van der Waals surface area contributed by atoms with Gasteiger partial charge >= 0.3 is 0 Å². The number of pyridine rings is 1. The molecule has 2 unspecified atom stereocenters. The molecule has 5 heteroatoms. The summed E-state index contributed by atoms with van der Waals surface area (Å²) in [4.78, 5) is 30.6. The number of piperazine rings is 1. The lowest BCUT2D eigenvalue weighted by atomic mass is 10.0. The molecule has 1 saturated heterocycles. The number of carbonyl (C=O) groups is 2. The van der Waals surface area contributed by atoms with Crippen LogP contribution >= 0.6 is 0 Å². The highest BCUT2D eigenvalue weighted by atomic mass is 16.2. The van der Waals surface area contributed by atoms with Crippen LogP contribution in [0.2, 0.25) is 0 Å². The third-order valence-corrected chi connectivity index (χ3v) is 4.01. The Morgan fingerprint density at radius 2 is 2.10 bits per heavy atom. The van der Waals surface area contributed by atoms with Crippen molar-refractivity contribution >= 4 is 11.8 Å². The van der Waals surface area contributed by atoms with Crippen LogP contribution in [0.25, 0.3) is 0 Å². The molecular formula is C16H23N3O2. The highest BCUT2D eigenvalue weighted by molar-refractivity contribution is 5.96. The average Bonchev–Trinajstić information content (AvgIpc) is 2.49. The van der Waals surface area contributed by atoms with Crippen LogP contribution in [0.4, 0.5) is 0 Å². The SMILES string of the molecule is CCCC1NC(=O)C(C)N(Cc2ncccc2CC)C1=O. The smallest absolute Gasteiger partial charge is 0.246 e. The van der Waals surface area contributed by atoms with E-state index in [0.717, 1.165) is 24.1 Å². The Balaban J connectivity index is 2.23. The van der Waals surface area contributed by atoms with Gasteiger partial charge in [0.15, 0.2) is 0 Å². The predicted molar refractivity (Wildman–Crippen MR) is 80.5 cm³/mol. The normalized spacial score (nSPS) is 22.3. The summed E-state index contributed by atoms with van der Waals surface area (Å²) in [5, 5.41) is 2.81. The Morgan fingerprint density at radius 1 is 1.33 bits per heavy atom. The van der Waals surface area contributed by atoms with Gasteiger partial charge in [0.05, 0.1) is 12.2 Å². The zero-order valence-electron chi connectivity index (χ0n) is 12.9. The molecule has 0 saturated carbocycles. The van der Waals surface area contributed by atoms with Crippen LogP contribution in [0.5, 0.6) is 0 Å². The number of aromatic nitrogens is 1. The molecule has 5 nitrogen and oxygen atoms in total. The number of nitrogens with zero attached hydrogens (tertiary/aromatic N) is 2. The standard InChI is InChI=1S/C16H23N3O2/c1-4-7-13-16(21)19(11(3)15(20)18-13)10-14-12(5-2)8-6-9-17-14/h6,8-9,11,13H,4-5,7,10H2,1-3H3,(H,18,20). The van der Waals surface area contributed by atoms with Gasteiger partial charge in [-0.05, 0) is 31.4 Å². The van der Waals surface area contributed by atoms with E-state index in [0.29, 0.717) is 13.0 Å². The molecule has 2 atom stereocenters. The van der Waals surface area contributed by atoms with E-state index >= 15 is 0 Å². The lowest BCUT2D eigenvalue weighted by Crippen LogP contribution is -2.61. The quantitative estimate of drug-likeness (QED) is 0.896. The maximum atomic E-state index is 12.6. The molecule has 1 aromatic heterocycles. The molecule has 2 amide bonds. The molecule has 2 rings (SSSR count). The van der Waals surface area contributed by atoms with Crippen LogP contribution in [0.3, 0.4) is 0 Å². The van der Waals surface area contributed by atoms with Crippen molar-refractivity contribution in [3.8, 4) is 0 Å². The van der Waals surface area contributed by atoms with Crippen molar-refractivity contribution < 1.29 is 9.59 Å². The van der Waals surface area contributed by atoms with Gasteiger partial charge in [-0.3, -0.25) is 14.6 Å². The van der Waals surface area contributed by atoms with Crippen molar-refractivity contribution in [2.45, 2.75) is 58.7 Å². The van der Waals surface area contributed by atoms with E-state index < -0.39 is 12.1 Å². The molecule has 1 aliphatic rings. The molecule has 0 aromatic carbocycles. The van der Waals surface area contributed by atoms with Gasteiger partial charge in [-0.25, -0.2) is 0 Å². The molecule has 0 bridgehead atoms. The van der Waals surface area contributed by atoms with Crippen molar-refractivity contribution in [1.82, 2.24) is 15.2 Å². The first-order valence-corrected chi connectivity index (χ1v) is 7.62. The number of hydrogen-bond donors (Lipinski definition) is 1. The first-order valence-electron chi connectivity index (χ1n) is 7.62. The zero-order chi connectivity index (χ0) is 15.4. The van der Waals surface area contributed by atoms with Gasteiger partial charge in [0.25, 0.3) is 0 Å². The van der Waals surface area contributed by atoms with E-state index in [1.807, 2.05) is 19.1 Å². The largest absolute Gasteiger partial charge is 0.343 e. The topological polar surface area (TPSA) is 62.3 Å². The van der Waals surface area contributed by atoms with Crippen molar-refractivity contribution in [3.05, 3.63) is 29.6 Å². The lowest BCUT2D eigenvalue weighted by Gasteiger charge is -2.37. The Bertz CT molecular complexity index is 530. The maximum Gasteiger partial charge on any atom is 0.246 e. The molecule has 114 valence electrons. The average molecular weight is 289 g/mol. The van der Waals surface area contributed by atoms with E-state index in [4.69, 9.17) is 0 Å². The minimum absolute atomic E-state index is 0.00310. The lowest BCUT2D eigenvalue weighted by molar-refractivity contribution is -0.149. The van der Waals surface area contributed by atoms with E-state index in [-0.39, 0.29) is 11.8 Å². The molecule has 1 aliphatic heterocycles. The number of aryl methyl sites for hydroxylation is 1. The number of hydrogen-bond acceptors (Lipinski definition) is 3. The third-order valence-electron chi connectivity index (χ3n) is 4.01. The third kappa shape index (κ3) is 3.23. The van der Waals surface area contributed by atoms with Crippen molar-refractivity contribution in [3.63, 3.8) is 0 Å². The molecule has 21 heavy (non-hydrogen) atoms. The van der Waals surface area contributed by atoms with Crippen LogP contribution in [-0.2, 0) is 22.6 Å². The fourth-order valence-electron chi connectivity index (χ4n) is 2.68. The highest BCUT2D eigenvalue weighted by Gasteiger charge is 2.37. The van der Waals surface area contributed by atoms with Gasteiger partial charge in [-0.1, -0.05) is 26.3 Å². The van der Waals surface area contributed by atoms with Crippen LogP contribution < -0.4 is 5.32 Å². The minimum atomic E-state index is -0.447. The summed E-state index contributed by atoms with van der Waals surface area (Å²) in [7, 11) is 0.